The molecule has 18 heavy (non-hydrogen) atoms. The number of nitrogens with zero attached hydrogens (tertiary/aromatic N) is 1. The molecule has 0 radical (unpaired) electrons. The maximum Gasteiger partial charge on any atom is 0.270 e. The van der Waals surface area contributed by atoms with Crippen LogP contribution in [0.3, 0.4) is 0 Å². The van der Waals surface area contributed by atoms with E-state index >= 15 is 0 Å². The first-order chi connectivity index (χ1) is 8.65. The summed E-state index contributed by atoms with van der Waals surface area (Å²) < 4.78 is 0.699. The molecule has 1 aliphatic rings. The van der Waals surface area contributed by atoms with Gasteiger partial charge < -0.3 is 5.32 Å². The van der Waals surface area contributed by atoms with Crippen molar-refractivity contribution in [2.75, 3.05) is 0 Å². The van der Waals surface area contributed by atoms with Crippen LogP contribution in [0.1, 0.15) is 49.5 Å². The van der Waals surface area contributed by atoms with Crippen LogP contribution in [0.25, 0.3) is 0 Å². The summed E-state index contributed by atoms with van der Waals surface area (Å²) in [4.78, 5) is 16.2. The number of hydrogen-bond acceptors (Lipinski definition) is 2. The molecule has 0 bridgehead atoms. The molecule has 1 heterocycles. The van der Waals surface area contributed by atoms with Crippen molar-refractivity contribution in [2.24, 2.45) is 5.92 Å². The second-order valence-corrected chi connectivity index (χ2v) is 5.94. The van der Waals surface area contributed by atoms with Crippen molar-refractivity contribution in [3.63, 3.8) is 0 Å². The van der Waals surface area contributed by atoms with Gasteiger partial charge in [-0.1, -0.05) is 25.8 Å². The van der Waals surface area contributed by atoms with Crippen LogP contribution in [0, 0.1) is 5.92 Å². The van der Waals surface area contributed by atoms with Gasteiger partial charge in [-0.25, -0.2) is 4.98 Å². The van der Waals surface area contributed by atoms with E-state index in [2.05, 4.69) is 33.2 Å². The molecule has 1 N–H and O–H groups in total. The molecule has 3 nitrogen and oxygen atoms in total. The monoisotopic (exact) mass is 310 g/mol. The van der Waals surface area contributed by atoms with Crippen molar-refractivity contribution < 1.29 is 4.79 Å². The predicted octanol–water partition coefficient (Wildman–Crippen LogP) is 3.54. The Kier molecular flexibility index (Phi) is 4.75. The summed E-state index contributed by atoms with van der Waals surface area (Å²) in [5.74, 6) is 0.728. The van der Waals surface area contributed by atoms with Crippen LogP contribution in [0.4, 0.5) is 0 Å². The number of aromatic nitrogens is 1. The SMILES string of the molecule is CC1CCCC(NC(=O)c2cccc(Br)n2)CC1. The zero-order valence-electron chi connectivity index (χ0n) is 10.7. The number of rotatable bonds is 2. The van der Waals surface area contributed by atoms with Crippen molar-refractivity contribution in [1.82, 2.24) is 10.3 Å². The number of halogens is 1. The van der Waals surface area contributed by atoms with E-state index in [0.717, 1.165) is 18.8 Å². The lowest BCUT2D eigenvalue weighted by molar-refractivity contribution is 0.0928. The summed E-state index contributed by atoms with van der Waals surface area (Å²) >= 11 is 3.28. The summed E-state index contributed by atoms with van der Waals surface area (Å²) in [7, 11) is 0. The molecule has 1 aromatic heterocycles. The van der Waals surface area contributed by atoms with Crippen molar-refractivity contribution in [3.8, 4) is 0 Å². The molecule has 1 saturated carbocycles. The highest BCUT2D eigenvalue weighted by Crippen LogP contribution is 2.22. The van der Waals surface area contributed by atoms with Crippen LogP contribution < -0.4 is 5.32 Å². The van der Waals surface area contributed by atoms with Gasteiger partial charge in [0.15, 0.2) is 0 Å². The zero-order chi connectivity index (χ0) is 13.0. The van der Waals surface area contributed by atoms with Gasteiger partial charge in [0, 0.05) is 6.04 Å². The minimum Gasteiger partial charge on any atom is -0.348 e. The molecular formula is C14H19BrN2O. The lowest BCUT2D eigenvalue weighted by atomic mass is 10.0. The first-order valence-corrected chi connectivity index (χ1v) is 7.38. The molecule has 2 rings (SSSR count). The third kappa shape index (κ3) is 3.80. The Morgan fingerprint density at radius 3 is 2.94 bits per heavy atom. The molecule has 1 aliphatic carbocycles. The minimum atomic E-state index is -0.0594. The molecule has 1 amide bonds. The quantitative estimate of drug-likeness (QED) is 0.670. The van der Waals surface area contributed by atoms with Crippen molar-refractivity contribution >= 4 is 21.8 Å². The van der Waals surface area contributed by atoms with Gasteiger partial charge in [0.05, 0.1) is 0 Å². The Balaban J connectivity index is 1.94. The summed E-state index contributed by atoms with van der Waals surface area (Å²) in [6, 6.07) is 5.72. The van der Waals surface area contributed by atoms with E-state index < -0.39 is 0 Å². The maximum atomic E-state index is 12.1. The summed E-state index contributed by atoms with van der Waals surface area (Å²) in [5, 5.41) is 3.10. The fourth-order valence-electron chi connectivity index (χ4n) is 2.43. The van der Waals surface area contributed by atoms with E-state index in [0.29, 0.717) is 16.3 Å². The molecule has 0 spiro atoms. The Hall–Kier alpha value is -0.900. The van der Waals surface area contributed by atoms with Gasteiger partial charge in [0.1, 0.15) is 10.3 Å². The smallest absolute Gasteiger partial charge is 0.270 e. The van der Waals surface area contributed by atoms with E-state index in [-0.39, 0.29) is 5.91 Å². The van der Waals surface area contributed by atoms with Crippen molar-refractivity contribution in [3.05, 3.63) is 28.5 Å². The lowest BCUT2D eigenvalue weighted by Gasteiger charge is -2.16. The number of hydrogen-bond donors (Lipinski definition) is 1. The normalized spacial score (nSPS) is 24.3. The second-order valence-electron chi connectivity index (χ2n) is 5.13. The fourth-order valence-corrected chi connectivity index (χ4v) is 2.77. The van der Waals surface area contributed by atoms with E-state index in [4.69, 9.17) is 0 Å². The van der Waals surface area contributed by atoms with Crippen LogP contribution in [-0.2, 0) is 0 Å². The van der Waals surface area contributed by atoms with E-state index in [1.165, 1.54) is 19.3 Å². The topological polar surface area (TPSA) is 42.0 Å². The summed E-state index contributed by atoms with van der Waals surface area (Å²) in [5.41, 5.74) is 0.488. The molecule has 98 valence electrons. The van der Waals surface area contributed by atoms with Crippen LogP contribution >= 0.6 is 15.9 Å². The highest BCUT2D eigenvalue weighted by Gasteiger charge is 2.19. The fraction of sp³-hybridized carbons (Fsp3) is 0.571. The molecule has 1 aromatic rings. The Labute approximate surface area is 117 Å². The number of nitrogens with one attached hydrogen (secondary N) is 1. The van der Waals surface area contributed by atoms with Gasteiger partial charge >= 0.3 is 0 Å². The predicted molar refractivity (Wildman–Crippen MR) is 75.4 cm³/mol. The Morgan fingerprint density at radius 1 is 1.33 bits per heavy atom. The first-order valence-electron chi connectivity index (χ1n) is 6.58. The highest BCUT2D eigenvalue weighted by molar-refractivity contribution is 9.10. The van der Waals surface area contributed by atoms with E-state index in [1.807, 2.05) is 12.1 Å². The standard InChI is InChI=1S/C14H19BrN2O/c1-10-4-2-5-11(9-8-10)16-14(18)12-6-3-7-13(15)17-12/h3,6-7,10-11H,2,4-5,8-9H2,1H3,(H,16,18). The Bertz CT molecular complexity index is 422. The molecule has 1 fully saturated rings. The summed E-state index contributed by atoms with van der Waals surface area (Å²) in [6.07, 6.45) is 5.86. The van der Waals surface area contributed by atoms with Gasteiger partial charge in [-0.3, -0.25) is 4.79 Å². The van der Waals surface area contributed by atoms with Crippen LogP contribution in [0.5, 0.6) is 0 Å². The minimum absolute atomic E-state index is 0.0594. The summed E-state index contributed by atoms with van der Waals surface area (Å²) in [6.45, 7) is 2.29. The second kappa shape index (κ2) is 6.32. The number of carbonyl (C=O) groups is 1. The maximum absolute atomic E-state index is 12.1. The molecule has 0 aromatic carbocycles. The molecule has 2 unspecified atom stereocenters. The zero-order valence-corrected chi connectivity index (χ0v) is 12.2. The van der Waals surface area contributed by atoms with Crippen LogP contribution in [-0.4, -0.2) is 16.9 Å². The average Bonchev–Trinajstić information content (AvgIpc) is 2.54. The van der Waals surface area contributed by atoms with Crippen LogP contribution in [0.2, 0.25) is 0 Å². The van der Waals surface area contributed by atoms with Crippen molar-refractivity contribution in [1.29, 1.82) is 0 Å². The van der Waals surface area contributed by atoms with Gasteiger partial charge in [0.2, 0.25) is 0 Å². The number of amides is 1. The third-order valence-corrected chi connectivity index (χ3v) is 3.98. The van der Waals surface area contributed by atoms with Gasteiger partial charge in [-0.05, 0) is 53.2 Å². The number of pyridine rings is 1. The Morgan fingerprint density at radius 2 is 2.17 bits per heavy atom. The molecule has 2 atom stereocenters. The van der Waals surface area contributed by atoms with E-state index in [1.54, 1.807) is 6.07 Å². The third-order valence-electron chi connectivity index (χ3n) is 3.54. The van der Waals surface area contributed by atoms with Gasteiger partial charge in [0.25, 0.3) is 5.91 Å². The molecular weight excluding hydrogens is 292 g/mol. The largest absolute Gasteiger partial charge is 0.348 e. The molecule has 0 aliphatic heterocycles. The number of carbonyl (C=O) groups excluding carboxylic acids is 1. The van der Waals surface area contributed by atoms with E-state index in [9.17, 15) is 4.79 Å². The highest BCUT2D eigenvalue weighted by atomic mass is 79.9. The first kappa shape index (κ1) is 13.5. The van der Waals surface area contributed by atoms with Gasteiger partial charge in [-0.15, -0.1) is 0 Å². The molecule has 0 saturated heterocycles. The average molecular weight is 311 g/mol. The van der Waals surface area contributed by atoms with Gasteiger partial charge in [-0.2, -0.15) is 0 Å². The lowest BCUT2D eigenvalue weighted by Crippen LogP contribution is -2.34. The van der Waals surface area contributed by atoms with Crippen LogP contribution in [0.15, 0.2) is 22.8 Å². The molecule has 4 heteroatoms. The van der Waals surface area contributed by atoms with Crippen molar-refractivity contribution in [2.45, 2.75) is 45.1 Å².